The van der Waals surface area contributed by atoms with Crippen LogP contribution in [0.15, 0.2) is 54.9 Å². The average molecular weight is 560 g/mol. The summed E-state index contributed by atoms with van der Waals surface area (Å²) in [5.41, 5.74) is 7.55. The fraction of sp³-hybridized carbons (Fsp3) is 0.400. The molecule has 0 saturated carbocycles. The van der Waals surface area contributed by atoms with E-state index in [2.05, 4.69) is 14.9 Å². The third kappa shape index (κ3) is 5.54. The molecule has 4 heterocycles. The minimum atomic E-state index is -0.501. The van der Waals surface area contributed by atoms with Crippen molar-refractivity contribution in [3.8, 4) is 22.8 Å². The number of anilines is 1. The summed E-state index contributed by atoms with van der Waals surface area (Å²) in [4.78, 5) is 25.2. The van der Waals surface area contributed by atoms with Gasteiger partial charge in [0, 0.05) is 37.8 Å². The highest BCUT2D eigenvalue weighted by atomic mass is 19.1. The zero-order valence-corrected chi connectivity index (χ0v) is 23.5. The molecule has 0 atom stereocenters. The van der Waals surface area contributed by atoms with Crippen LogP contribution in [0, 0.1) is 5.82 Å². The Labute approximate surface area is 237 Å². The number of carbonyl (C=O) groups excluding carboxylic acids is 1. The minimum absolute atomic E-state index is 0.101. The number of ether oxygens (including phenoxy) is 2. The molecule has 2 aliphatic heterocycles. The van der Waals surface area contributed by atoms with Crippen molar-refractivity contribution in [2.45, 2.75) is 51.3 Å². The molecule has 4 aromatic rings. The second-order valence-electron chi connectivity index (χ2n) is 11.6. The molecule has 1 amide bonds. The lowest BCUT2D eigenvalue weighted by Gasteiger charge is -2.47. The third-order valence-corrected chi connectivity index (χ3v) is 7.57. The lowest BCUT2D eigenvalue weighted by Crippen LogP contribution is -2.62. The maximum absolute atomic E-state index is 15.1. The summed E-state index contributed by atoms with van der Waals surface area (Å²) < 4.78 is 28.3. The molecule has 2 aromatic heterocycles. The van der Waals surface area contributed by atoms with E-state index in [1.807, 2.05) is 43.7 Å². The quantitative estimate of drug-likeness (QED) is 0.352. The van der Waals surface area contributed by atoms with Crippen LogP contribution in [0.25, 0.3) is 22.3 Å². The topological polar surface area (TPSA) is 112 Å². The number of likely N-dealkylation sites (tertiary alicyclic amines) is 2. The maximum Gasteiger partial charge on any atom is 0.410 e. The van der Waals surface area contributed by atoms with Crippen molar-refractivity contribution >= 4 is 22.9 Å². The molecule has 0 unspecified atom stereocenters. The van der Waals surface area contributed by atoms with Gasteiger partial charge in [0.2, 0.25) is 0 Å². The highest BCUT2D eigenvalue weighted by molar-refractivity contribution is 5.98. The molecule has 0 aliphatic carbocycles. The van der Waals surface area contributed by atoms with Crippen molar-refractivity contribution in [2.75, 3.05) is 31.9 Å². The Hall–Kier alpha value is -4.25. The lowest BCUT2D eigenvalue weighted by atomic mass is 10.00. The number of nitrogens with zero attached hydrogens (tertiary/aromatic N) is 6. The number of hydrogen-bond donors (Lipinski definition) is 1. The number of piperidine rings is 1. The second kappa shape index (κ2) is 10.6. The first kappa shape index (κ1) is 26.9. The number of rotatable bonds is 5. The highest BCUT2D eigenvalue weighted by Crippen LogP contribution is 2.36. The number of nitrogens with two attached hydrogens (primary N) is 1. The normalized spacial score (nSPS) is 17.0. The minimum Gasteiger partial charge on any atom is -0.454 e. The average Bonchev–Trinajstić information content (AvgIpc) is 3.30. The number of amides is 1. The molecule has 0 bridgehead atoms. The fourth-order valence-corrected chi connectivity index (χ4v) is 5.46. The van der Waals surface area contributed by atoms with Crippen LogP contribution in [0.2, 0.25) is 0 Å². The van der Waals surface area contributed by atoms with Gasteiger partial charge in [0.25, 0.3) is 0 Å². The molecule has 2 saturated heterocycles. The van der Waals surface area contributed by atoms with E-state index in [1.54, 1.807) is 29.2 Å². The van der Waals surface area contributed by atoms with Crippen molar-refractivity contribution in [3.05, 3.63) is 60.7 Å². The van der Waals surface area contributed by atoms with Gasteiger partial charge in [-0.25, -0.2) is 23.8 Å². The number of benzene rings is 2. The lowest BCUT2D eigenvalue weighted by molar-refractivity contribution is -0.0213. The molecule has 2 fully saturated rings. The third-order valence-electron chi connectivity index (χ3n) is 7.57. The predicted molar refractivity (Wildman–Crippen MR) is 153 cm³/mol. The molecular formula is C30H34FN7O3. The van der Waals surface area contributed by atoms with Gasteiger partial charge in [-0.3, -0.25) is 4.90 Å². The number of hydrogen-bond acceptors (Lipinski definition) is 8. The Bertz CT molecular complexity index is 1560. The van der Waals surface area contributed by atoms with Crippen molar-refractivity contribution in [3.63, 3.8) is 0 Å². The molecule has 10 nitrogen and oxygen atoms in total. The standard InChI is InChI=1S/C30H34FN7O3/c1-30(2,3)41-29(39)37-16-21(17-37)36-13-11-20(12-14-36)38-28-25(27(32)33-18-34-28)26(35-38)19-9-10-24(23(31)15-19)40-22-7-5-4-6-8-22/h4-10,15,18,20-21H,11-14,16-17H2,1-3H3,(H2,32,33,34). The van der Waals surface area contributed by atoms with Crippen LogP contribution >= 0.6 is 0 Å². The van der Waals surface area contributed by atoms with Crippen molar-refractivity contribution in [1.29, 1.82) is 0 Å². The van der Waals surface area contributed by atoms with Crippen molar-refractivity contribution < 1.29 is 18.7 Å². The zero-order valence-electron chi connectivity index (χ0n) is 23.5. The van der Waals surface area contributed by atoms with Crippen molar-refractivity contribution in [2.24, 2.45) is 0 Å². The van der Waals surface area contributed by atoms with E-state index in [0.717, 1.165) is 25.9 Å². The number of halogens is 1. The van der Waals surface area contributed by atoms with E-state index >= 15 is 4.39 Å². The molecule has 6 rings (SSSR count). The largest absolute Gasteiger partial charge is 0.454 e. The number of para-hydroxylation sites is 1. The van der Waals surface area contributed by atoms with Crippen LogP contribution in [0.3, 0.4) is 0 Å². The molecule has 2 aliphatic rings. The Morgan fingerprint density at radius 2 is 1.76 bits per heavy atom. The molecule has 2 aromatic carbocycles. The maximum atomic E-state index is 15.1. The Morgan fingerprint density at radius 3 is 2.44 bits per heavy atom. The summed E-state index contributed by atoms with van der Waals surface area (Å²) in [5.74, 6) is 0.480. The van der Waals surface area contributed by atoms with Gasteiger partial charge in [0.05, 0.1) is 11.4 Å². The van der Waals surface area contributed by atoms with Crippen molar-refractivity contribution in [1.82, 2.24) is 29.5 Å². The predicted octanol–water partition coefficient (Wildman–Crippen LogP) is 5.26. The second-order valence-corrected chi connectivity index (χ2v) is 11.6. The number of fused-ring (bicyclic) bond motifs is 1. The molecule has 11 heteroatoms. The first-order valence-corrected chi connectivity index (χ1v) is 13.9. The van der Waals surface area contributed by atoms with Crippen LogP contribution in [0.4, 0.5) is 15.0 Å². The van der Waals surface area contributed by atoms with Crippen LogP contribution in [0.5, 0.6) is 11.5 Å². The monoisotopic (exact) mass is 559 g/mol. The van der Waals surface area contributed by atoms with E-state index in [1.165, 1.54) is 12.4 Å². The van der Waals surface area contributed by atoms with Gasteiger partial charge in [0.1, 0.15) is 29.2 Å². The van der Waals surface area contributed by atoms with Gasteiger partial charge in [-0.15, -0.1) is 0 Å². The van der Waals surface area contributed by atoms with Gasteiger partial charge < -0.3 is 20.1 Å². The van der Waals surface area contributed by atoms with Crippen LogP contribution in [-0.4, -0.2) is 73.5 Å². The number of carbonyl (C=O) groups is 1. The van der Waals surface area contributed by atoms with Crippen LogP contribution < -0.4 is 10.5 Å². The first-order valence-electron chi connectivity index (χ1n) is 13.9. The summed E-state index contributed by atoms with van der Waals surface area (Å²) in [6.07, 6.45) is 2.90. The van der Waals surface area contributed by atoms with Gasteiger partial charge in [0.15, 0.2) is 17.2 Å². The molecule has 2 N–H and O–H groups in total. The summed E-state index contributed by atoms with van der Waals surface area (Å²) in [7, 11) is 0. The van der Waals surface area contributed by atoms with E-state index in [4.69, 9.17) is 20.3 Å². The summed E-state index contributed by atoms with van der Waals surface area (Å²) >= 11 is 0. The Morgan fingerprint density at radius 1 is 1.02 bits per heavy atom. The fourth-order valence-electron chi connectivity index (χ4n) is 5.46. The SMILES string of the molecule is CC(C)(C)OC(=O)N1CC(N2CCC(n3nc(-c4ccc(Oc5ccccc5)c(F)c4)c4c(N)ncnc43)CC2)C1. The molecule has 0 spiro atoms. The number of aromatic nitrogens is 4. The molecule has 41 heavy (non-hydrogen) atoms. The van der Waals surface area contributed by atoms with E-state index < -0.39 is 11.4 Å². The molecule has 214 valence electrons. The molecule has 0 radical (unpaired) electrons. The Balaban J connectivity index is 1.17. The first-order chi connectivity index (χ1) is 19.7. The van der Waals surface area contributed by atoms with Gasteiger partial charge in [-0.2, -0.15) is 5.10 Å². The summed E-state index contributed by atoms with van der Waals surface area (Å²) in [6.45, 7) is 8.72. The summed E-state index contributed by atoms with van der Waals surface area (Å²) in [5, 5.41) is 5.52. The summed E-state index contributed by atoms with van der Waals surface area (Å²) in [6, 6.07) is 14.3. The van der Waals surface area contributed by atoms with Crippen LogP contribution in [0.1, 0.15) is 39.7 Å². The van der Waals surface area contributed by atoms with E-state index in [-0.39, 0.29) is 17.9 Å². The van der Waals surface area contributed by atoms with Gasteiger partial charge in [-0.1, -0.05) is 18.2 Å². The Kier molecular flexibility index (Phi) is 6.98. The van der Waals surface area contributed by atoms with Gasteiger partial charge >= 0.3 is 6.09 Å². The van der Waals surface area contributed by atoms with Gasteiger partial charge in [-0.05, 0) is 63.9 Å². The molecular weight excluding hydrogens is 525 g/mol. The highest BCUT2D eigenvalue weighted by Gasteiger charge is 2.38. The number of nitrogen functional groups attached to an aromatic ring is 1. The van der Waals surface area contributed by atoms with Crippen LogP contribution in [-0.2, 0) is 4.74 Å². The van der Waals surface area contributed by atoms with E-state index in [0.29, 0.717) is 53.0 Å². The smallest absolute Gasteiger partial charge is 0.410 e. The van der Waals surface area contributed by atoms with E-state index in [9.17, 15) is 4.79 Å². The zero-order chi connectivity index (χ0) is 28.7.